The molecule has 5 heteroatoms. The van der Waals surface area contributed by atoms with E-state index in [9.17, 15) is 4.79 Å². The van der Waals surface area contributed by atoms with Crippen molar-refractivity contribution in [3.05, 3.63) is 35.4 Å². The predicted molar refractivity (Wildman–Crippen MR) is 90.2 cm³/mol. The van der Waals surface area contributed by atoms with Crippen LogP contribution in [-0.4, -0.2) is 66.6 Å². The Hall–Kier alpha value is -1.04. The van der Waals surface area contributed by atoms with Crippen LogP contribution in [0.1, 0.15) is 17.2 Å². The Bertz CT molecular complexity index is 500. The van der Waals surface area contributed by atoms with Crippen LogP contribution in [0.3, 0.4) is 0 Å². The molecule has 1 unspecified atom stereocenters. The van der Waals surface area contributed by atoms with Crippen LogP contribution < -0.4 is 0 Å². The van der Waals surface area contributed by atoms with E-state index in [2.05, 4.69) is 36.1 Å². The van der Waals surface area contributed by atoms with E-state index in [4.69, 9.17) is 4.74 Å². The number of nitrogens with zero attached hydrogens (tertiary/aromatic N) is 2. The van der Waals surface area contributed by atoms with Gasteiger partial charge in [0.1, 0.15) is 0 Å². The number of benzene rings is 1. The van der Waals surface area contributed by atoms with E-state index in [0.717, 1.165) is 31.1 Å². The van der Waals surface area contributed by atoms with Crippen LogP contribution in [-0.2, 0) is 9.53 Å². The Labute approximate surface area is 136 Å². The van der Waals surface area contributed by atoms with Gasteiger partial charge in [-0.15, -0.1) is 0 Å². The molecule has 0 N–H and O–H groups in total. The fourth-order valence-electron chi connectivity index (χ4n) is 3.01. The third-order valence-corrected chi connectivity index (χ3v) is 5.43. The molecule has 0 spiro atoms. The van der Waals surface area contributed by atoms with Crippen molar-refractivity contribution in [2.24, 2.45) is 0 Å². The minimum atomic E-state index is 0.243. The summed E-state index contributed by atoms with van der Waals surface area (Å²) in [6.07, 6.45) is 0. The molecular formula is C17H24N2O2S. The third-order valence-electron chi connectivity index (χ3n) is 4.40. The van der Waals surface area contributed by atoms with Gasteiger partial charge in [0.25, 0.3) is 0 Å². The molecule has 120 valence electrons. The Morgan fingerprint density at radius 1 is 1.23 bits per heavy atom. The third kappa shape index (κ3) is 3.83. The summed E-state index contributed by atoms with van der Waals surface area (Å²) in [5.41, 5.74) is 2.61. The van der Waals surface area contributed by atoms with Crippen LogP contribution in [0.15, 0.2) is 24.3 Å². The number of aryl methyl sites for hydroxylation is 1. The normalized spacial score (nSPS) is 23.5. The fraction of sp³-hybridized carbons (Fsp3) is 0.588. The first-order valence-electron chi connectivity index (χ1n) is 7.98. The van der Waals surface area contributed by atoms with E-state index in [1.54, 1.807) is 0 Å². The fourth-order valence-corrected chi connectivity index (χ4v) is 4.17. The molecule has 2 aliphatic heterocycles. The van der Waals surface area contributed by atoms with Crippen molar-refractivity contribution in [2.75, 3.05) is 50.9 Å². The summed E-state index contributed by atoms with van der Waals surface area (Å²) in [5.74, 6) is 2.42. The lowest BCUT2D eigenvalue weighted by molar-refractivity contribution is -0.137. The van der Waals surface area contributed by atoms with Gasteiger partial charge in [-0.05, 0) is 12.5 Å². The van der Waals surface area contributed by atoms with Crippen LogP contribution in [0.2, 0.25) is 0 Å². The number of rotatable bonds is 3. The molecule has 22 heavy (non-hydrogen) atoms. The number of morpholine rings is 1. The quantitative estimate of drug-likeness (QED) is 0.852. The van der Waals surface area contributed by atoms with E-state index in [-0.39, 0.29) is 5.91 Å². The summed E-state index contributed by atoms with van der Waals surface area (Å²) >= 11 is 1.98. The van der Waals surface area contributed by atoms with Gasteiger partial charge in [0.2, 0.25) is 5.91 Å². The van der Waals surface area contributed by atoms with Crippen LogP contribution in [0.4, 0.5) is 0 Å². The molecule has 1 amide bonds. The van der Waals surface area contributed by atoms with Gasteiger partial charge in [0.15, 0.2) is 0 Å². The molecule has 1 aromatic rings. The van der Waals surface area contributed by atoms with Gasteiger partial charge in [-0.3, -0.25) is 9.69 Å². The highest BCUT2D eigenvalue weighted by Gasteiger charge is 2.28. The van der Waals surface area contributed by atoms with Crippen LogP contribution in [0.25, 0.3) is 0 Å². The highest BCUT2D eigenvalue weighted by Crippen LogP contribution is 2.29. The van der Waals surface area contributed by atoms with E-state index >= 15 is 0 Å². The minimum Gasteiger partial charge on any atom is -0.378 e. The smallest absolute Gasteiger partial charge is 0.236 e. The lowest BCUT2D eigenvalue weighted by Crippen LogP contribution is -2.48. The van der Waals surface area contributed by atoms with Crippen LogP contribution >= 0.6 is 11.8 Å². The van der Waals surface area contributed by atoms with Gasteiger partial charge in [-0.2, -0.15) is 11.8 Å². The number of carbonyl (C=O) groups is 1. The molecule has 0 radical (unpaired) electrons. The van der Waals surface area contributed by atoms with E-state index in [1.165, 1.54) is 11.1 Å². The van der Waals surface area contributed by atoms with Crippen molar-refractivity contribution >= 4 is 17.7 Å². The minimum absolute atomic E-state index is 0.243. The summed E-state index contributed by atoms with van der Waals surface area (Å²) in [6.45, 7) is 6.43. The van der Waals surface area contributed by atoms with E-state index in [0.29, 0.717) is 25.8 Å². The molecule has 0 aromatic heterocycles. The Balaban J connectivity index is 1.66. The zero-order valence-corrected chi connectivity index (χ0v) is 14.0. The molecule has 2 fully saturated rings. The average Bonchev–Trinajstić information content (AvgIpc) is 2.57. The zero-order valence-electron chi connectivity index (χ0n) is 13.2. The summed E-state index contributed by atoms with van der Waals surface area (Å²) in [7, 11) is 0. The van der Waals surface area contributed by atoms with Gasteiger partial charge in [-0.25, -0.2) is 0 Å². The van der Waals surface area contributed by atoms with Crippen molar-refractivity contribution in [1.82, 2.24) is 9.80 Å². The Kier molecular flexibility index (Phi) is 5.39. The largest absolute Gasteiger partial charge is 0.378 e. The van der Waals surface area contributed by atoms with Crippen molar-refractivity contribution in [3.8, 4) is 0 Å². The topological polar surface area (TPSA) is 32.8 Å². The number of thioether (sulfide) groups is 1. The molecule has 0 saturated carbocycles. The standard InChI is InChI=1S/C17H24N2O2S/c1-14-2-4-15(5-3-14)16-13-22-11-8-19(16)12-17(20)18-6-9-21-10-7-18/h2-5,16H,6-13H2,1H3. The van der Waals surface area contributed by atoms with Gasteiger partial charge in [0.05, 0.1) is 19.8 Å². The van der Waals surface area contributed by atoms with Crippen molar-refractivity contribution in [3.63, 3.8) is 0 Å². The zero-order chi connectivity index (χ0) is 15.4. The summed E-state index contributed by atoms with van der Waals surface area (Å²) in [6, 6.07) is 9.09. The summed E-state index contributed by atoms with van der Waals surface area (Å²) < 4.78 is 5.33. The maximum Gasteiger partial charge on any atom is 0.236 e. The van der Waals surface area contributed by atoms with Gasteiger partial charge in [-0.1, -0.05) is 29.8 Å². The highest BCUT2D eigenvalue weighted by atomic mass is 32.2. The molecule has 1 aromatic carbocycles. The first-order valence-corrected chi connectivity index (χ1v) is 9.13. The predicted octanol–water partition coefficient (Wildman–Crippen LogP) is 1.94. The number of amides is 1. The Morgan fingerprint density at radius 2 is 1.95 bits per heavy atom. The van der Waals surface area contributed by atoms with Crippen molar-refractivity contribution < 1.29 is 9.53 Å². The molecule has 3 rings (SSSR count). The number of hydrogen-bond acceptors (Lipinski definition) is 4. The monoisotopic (exact) mass is 320 g/mol. The maximum atomic E-state index is 12.5. The lowest BCUT2D eigenvalue weighted by atomic mass is 10.0. The molecule has 0 aliphatic carbocycles. The maximum absolute atomic E-state index is 12.5. The molecule has 2 saturated heterocycles. The van der Waals surface area contributed by atoms with Gasteiger partial charge in [0, 0.05) is 37.2 Å². The molecule has 2 heterocycles. The molecule has 1 atom stereocenters. The number of carbonyl (C=O) groups excluding carboxylic acids is 1. The molecular weight excluding hydrogens is 296 g/mol. The van der Waals surface area contributed by atoms with E-state index < -0.39 is 0 Å². The average molecular weight is 320 g/mol. The second kappa shape index (κ2) is 7.49. The molecule has 0 bridgehead atoms. The molecule has 4 nitrogen and oxygen atoms in total. The van der Waals surface area contributed by atoms with Crippen molar-refractivity contribution in [2.45, 2.75) is 13.0 Å². The van der Waals surface area contributed by atoms with E-state index in [1.807, 2.05) is 16.7 Å². The van der Waals surface area contributed by atoms with Crippen molar-refractivity contribution in [1.29, 1.82) is 0 Å². The Morgan fingerprint density at radius 3 is 2.68 bits per heavy atom. The van der Waals surface area contributed by atoms with Gasteiger partial charge >= 0.3 is 0 Å². The first kappa shape index (κ1) is 15.8. The summed E-state index contributed by atoms with van der Waals surface area (Å²) in [5, 5.41) is 0. The number of hydrogen-bond donors (Lipinski definition) is 0. The number of ether oxygens (including phenoxy) is 1. The lowest BCUT2D eigenvalue weighted by Gasteiger charge is -2.37. The molecule has 2 aliphatic rings. The highest BCUT2D eigenvalue weighted by molar-refractivity contribution is 7.99. The van der Waals surface area contributed by atoms with Crippen LogP contribution in [0.5, 0.6) is 0 Å². The van der Waals surface area contributed by atoms with Gasteiger partial charge < -0.3 is 9.64 Å². The summed E-state index contributed by atoms with van der Waals surface area (Å²) in [4.78, 5) is 16.8. The second-order valence-electron chi connectivity index (χ2n) is 5.97. The second-order valence-corrected chi connectivity index (χ2v) is 7.11. The van der Waals surface area contributed by atoms with Crippen LogP contribution in [0, 0.1) is 6.92 Å². The SMILES string of the molecule is Cc1ccc(C2CSCCN2CC(=O)N2CCOCC2)cc1. The first-order chi connectivity index (χ1) is 10.7.